The minimum absolute atomic E-state index is 0.334. The number of nitrogen functional groups attached to an aromatic ring is 1. The average Bonchev–Trinajstić information content (AvgIpc) is 2.92. The topological polar surface area (TPSA) is 83.4 Å². The number of aryl methyl sites for hydroxylation is 1. The van der Waals surface area contributed by atoms with Crippen molar-refractivity contribution in [2.75, 3.05) is 5.73 Å². The SMILES string of the molecule is N#Cc1c(-n2ccc3c2CCCC3)n[nH]c1N. The molecule has 1 aliphatic rings. The van der Waals surface area contributed by atoms with Gasteiger partial charge in [0.2, 0.25) is 0 Å². The molecule has 86 valence electrons. The van der Waals surface area contributed by atoms with E-state index in [0.29, 0.717) is 17.2 Å². The lowest BCUT2D eigenvalue weighted by Gasteiger charge is -2.14. The van der Waals surface area contributed by atoms with Gasteiger partial charge in [-0.1, -0.05) is 0 Å². The maximum Gasteiger partial charge on any atom is 0.178 e. The highest BCUT2D eigenvalue weighted by molar-refractivity contribution is 5.58. The third-order valence-corrected chi connectivity index (χ3v) is 3.31. The molecule has 0 saturated carbocycles. The zero-order valence-corrected chi connectivity index (χ0v) is 9.40. The van der Waals surface area contributed by atoms with E-state index in [9.17, 15) is 0 Å². The van der Waals surface area contributed by atoms with Crippen LogP contribution in [0.5, 0.6) is 0 Å². The number of hydrogen-bond donors (Lipinski definition) is 2. The third-order valence-electron chi connectivity index (χ3n) is 3.31. The number of nitrogens with two attached hydrogens (primary N) is 1. The van der Waals surface area contributed by atoms with Crippen LogP contribution < -0.4 is 5.73 Å². The molecule has 2 aromatic rings. The third kappa shape index (κ3) is 1.41. The van der Waals surface area contributed by atoms with Crippen LogP contribution in [0, 0.1) is 11.3 Å². The van der Waals surface area contributed by atoms with Crippen molar-refractivity contribution in [3.8, 4) is 11.9 Å². The van der Waals surface area contributed by atoms with E-state index in [1.54, 1.807) is 0 Å². The fraction of sp³-hybridized carbons (Fsp3) is 0.333. The lowest BCUT2D eigenvalue weighted by Crippen LogP contribution is -2.07. The molecule has 0 amide bonds. The molecule has 0 spiro atoms. The van der Waals surface area contributed by atoms with Gasteiger partial charge in [-0.25, -0.2) is 0 Å². The van der Waals surface area contributed by atoms with E-state index >= 15 is 0 Å². The molecule has 3 N–H and O–H groups in total. The minimum Gasteiger partial charge on any atom is -0.383 e. The Morgan fingerprint density at radius 3 is 3.06 bits per heavy atom. The van der Waals surface area contributed by atoms with Crippen LogP contribution >= 0.6 is 0 Å². The molecule has 0 atom stereocenters. The van der Waals surface area contributed by atoms with Gasteiger partial charge >= 0.3 is 0 Å². The maximum absolute atomic E-state index is 9.09. The number of rotatable bonds is 1. The number of hydrogen-bond acceptors (Lipinski definition) is 3. The van der Waals surface area contributed by atoms with Crippen molar-refractivity contribution >= 4 is 5.82 Å². The molecule has 0 saturated heterocycles. The molecule has 0 aromatic carbocycles. The molecule has 0 aliphatic heterocycles. The molecule has 2 heterocycles. The van der Waals surface area contributed by atoms with Gasteiger partial charge < -0.3 is 10.3 Å². The zero-order valence-electron chi connectivity index (χ0n) is 9.40. The summed E-state index contributed by atoms with van der Waals surface area (Å²) < 4.78 is 1.99. The summed E-state index contributed by atoms with van der Waals surface area (Å²) in [5.41, 5.74) is 8.73. The molecule has 0 fully saturated rings. The lowest BCUT2D eigenvalue weighted by atomic mass is 9.98. The first-order valence-corrected chi connectivity index (χ1v) is 5.74. The fourth-order valence-corrected chi connectivity index (χ4v) is 2.45. The second kappa shape index (κ2) is 3.67. The van der Waals surface area contributed by atoms with Gasteiger partial charge in [0.25, 0.3) is 0 Å². The summed E-state index contributed by atoms with van der Waals surface area (Å²) in [5.74, 6) is 0.953. The first-order valence-electron chi connectivity index (χ1n) is 5.74. The zero-order chi connectivity index (χ0) is 11.8. The van der Waals surface area contributed by atoms with Gasteiger partial charge in [-0.15, -0.1) is 0 Å². The Labute approximate surface area is 98.9 Å². The second-order valence-electron chi connectivity index (χ2n) is 4.31. The van der Waals surface area contributed by atoms with E-state index in [1.165, 1.54) is 24.1 Å². The van der Waals surface area contributed by atoms with Crippen molar-refractivity contribution < 1.29 is 0 Å². The molecule has 0 unspecified atom stereocenters. The Morgan fingerprint density at radius 1 is 1.41 bits per heavy atom. The average molecular weight is 227 g/mol. The highest BCUT2D eigenvalue weighted by atomic mass is 15.2. The molecule has 2 aromatic heterocycles. The summed E-state index contributed by atoms with van der Waals surface area (Å²) in [6, 6.07) is 4.21. The van der Waals surface area contributed by atoms with Crippen LogP contribution in [0.25, 0.3) is 5.82 Å². The highest BCUT2D eigenvalue weighted by Crippen LogP contribution is 2.26. The van der Waals surface area contributed by atoms with Crippen molar-refractivity contribution in [1.29, 1.82) is 5.26 Å². The quantitative estimate of drug-likeness (QED) is 0.775. The van der Waals surface area contributed by atoms with Gasteiger partial charge in [0, 0.05) is 11.9 Å². The number of aromatic amines is 1. The number of nitrogens with zero attached hydrogens (tertiary/aromatic N) is 3. The number of aromatic nitrogens is 3. The predicted molar refractivity (Wildman–Crippen MR) is 63.7 cm³/mol. The van der Waals surface area contributed by atoms with Crippen LogP contribution in [0.1, 0.15) is 29.7 Å². The van der Waals surface area contributed by atoms with E-state index in [2.05, 4.69) is 22.3 Å². The van der Waals surface area contributed by atoms with Gasteiger partial charge in [0.05, 0.1) is 0 Å². The molecule has 1 aliphatic carbocycles. The fourth-order valence-electron chi connectivity index (χ4n) is 2.45. The minimum atomic E-state index is 0.334. The number of anilines is 1. The van der Waals surface area contributed by atoms with Crippen molar-refractivity contribution in [3.63, 3.8) is 0 Å². The molecule has 17 heavy (non-hydrogen) atoms. The largest absolute Gasteiger partial charge is 0.383 e. The van der Waals surface area contributed by atoms with Gasteiger partial charge in [-0.2, -0.15) is 10.4 Å². The van der Waals surface area contributed by atoms with Crippen LogP contribution in [-0.2, 0) is 12.8 Å². The molecular formula is C12H13N5. The standard InChI is InChI=1S/C12H13N5/c13-7-9-11(14)15-16-12(9)17-6-5-8-3-1-2-4-10(8)17/h5-6H,1-4H2,(H3,14,15,16). The number of nitriles is 1. The van der Waals surface area contributed by atoms with Crippen molar-refractivity contribution in [1.82, 2.24) is 14.8 Å². The lowest BCUT2D eigenvalue weighted by molar-refractivity contribution is 0.660. The maximum atomic E-state index is 9.09. The molecule has 0 radical (unpaired) electrons. The van der Waals surface area contributed by atoms with Crippen LogP contribution in [0.3, 0.4) is 0 Å². The number of H-pyrrole nitrogens is 1. The molecule has 3 rings (SSSR count). The monoisotopic (exact) mass is 227 g/mol. The molecule has 5 heteroatoms. The normalized spacial score (nSPS) is 14.3. The van der Waals surface area contributed by atoms with E-state index in [1.807, 2.05) is 10.8 Å². The second-order valence-corrected chi connectivity index (χ2v) is 4.31. The summed E-state index contributed by atoms with van der Waals surface area (Å²) in [6.45, 7) is 0. The Bertz CT molecular complexity index is 599. The van der Waals surface area contributed by atoms with Gasteiger partial charge in [0.1, 0.15) is 17.5 Å². The highest BCUT2D eigenvalue weighted by Gasteiger charge is 2.19. The van der Waals surface area contributed by atoms with E-state index < -0.39 is 0 Å². The Kier molecular flexibility index (Phi) is 2.15. The predicted octanol–water partition coefficient (Wildman–Crippen LogP) is 1.53. The Hall–Kier alpha value is -2.22. The number of nitrogens with one attached hydrogen (secondary N) is 1. The van der Waals surface area contributed by atoms with Crippen LogP contribution in [0.2, 0.25) is 0 Å². The summed E-state index contributed by atoms with van der Waals surface area (Å²) in [4.78, 5) is 0. The molecule has 0 bridgehead atoms. The Morgan fingerprint density at radius 2 is 2.24 bits per heavy atom. The smallest absolute Gasteiger partial charge is 0.178 e. The number of fused-ring (bicyclic) bond motifs is 1. The van der Waals surface area contributed by atoms with Gasteiger partial charge in [0.15, 0.2) is 5.82 Å². The van der Waals surface area contributed by atoms with Gasteiger partial charge in [-0.05, 0) is 37.3 Å². The first kappa shape index (κ1) is 9.97. The summed E-state index contributed by atoms with van der Waals surface area (Å²) in [7, 11) is 0. The van der Waals surface area contributed by atoms with Crippen LogP contribution in [0.4, 0.5) is 5.82 Å². The molecule has 5 nitrogen and oxygen atoms in total. The summed E-state index contributed by atoms with van der Waals surface area (Å²) in [5, 5.41) is 15.9. The van der Waals surface area contributed by atoms with E-state index in [-0.39, 0.29) is 0 Å². The van der Waals surface area contributed by atoms with E-state index in [4.69, 9.17) is 11.0 Å². The van der Waals surface area contributed by atoms with Crippen molar-refractivity contribution in [2.24, 2.45) is 0 Å². The first-order chi connectivity index (χ1) is 8.31. The van der Waals surface area contributed by atoms with Gasteiger partial charge in [-0.3, -0.25) is 5.10 Å². The molecular weight excluding hydrogens is 214 g/mol. The van der Waals surface area contributed by atoms with Crippen LogP contribution in [0.15, 0.2) is 12.3 Å². The Balaban J connectivity index is 2.16. The summed E-state index contributed by atoms with van der Waals surface area (Å²) in [6.07, 6.45) is 6.57. The van der Waals surface area contributed by atoms with Crippen molar-refractivity contribution in [2.45, 2.75) is 25.7 Å². The van der Waals surface area contributed by atoms with Crippen molar-refractivity contribution in [3.05, 3.63) is 29.1 Å². The van der Waals surface area contributed by atoms with Crippen LogP contribution in [-0.4, -0.2) is 14.8 Å². The summed E-state index contributed by atoms with van der Waals surface area (Å²) >= 11 is 0. The van der Waals surface area contributed by atoms with E-state index in [0.717, 1.165) is 12.8 Å².